The van der Waals surface area contributed by atoms with E-state index in [1.165, 1.54) is 22.7 Å². The Balaban J connectivity index is 1.95. The number of furan rings is 1. The molecule has 0 radical (unpaired) electrons. The quantitative estimate of drug-likeness (QED) is 0.447. The first-order valence-corrected chi connectivity index (χ1v) is 9.29. The minimum absolute atomic E-state index is 0.0803. The number of hydrogen-bond donors (Lipinski definition) is 0. The van der Waals surface area contributed by atoms with E-state index in [0.29, 0.717) is 13.2 Å². The molecule has 0 N–H and O–H groups in total. The van der Waals surface area contributed by atoms with Gasteiger partial charge in [-0.3, -0.25) is 15.1 Å². The first-order chi connectivity index (χ1) is 12.4. The summed E-state index contributed by atoms with van der Waals surface area (Å²) in [6, 6.07) is 7.50. The van der Waals surface area contributed by atoms with Crippen LogP contribution >= 0.6 is 0 Å². The highest BCUT2D eigenvalue weighted by Crippen LogP contribution is 2.29. The Bertz CT molecular complexity index is 945. The molecule has 2 aromatic rings. The number of aryl methyl sites for hydroxylation is 1. The summed E-state index contributed by atoms with van der Waals surface area (Å²) in [6.07, 6.45) is 1.26. The predicted octanol–water partition coefficient (Wildman–Crippen LogP) is 2.27. The van der Waals surface area contributed by atoms with Gasteiger partial charge in [-0.25, -0.2) is 8.42 Å². The monoisotopic (exact) mass is 379 g/mol. The second-order valence-corrected chi connectivity index (χ2v) is 7.59. The summed E-state index contributed by atoms with van der Waals surface area (Å²) in [4.78, 5) is 14.3. The Hall–Kier alpha value is -2.56. The number of sulfonamides is 1. The van der Waals surface area contributed by atoms with E-state index in [4.69, 9.17) is 9.15 Å². The largest absolute Gasteiger partial charge is 0.433 e. The van der Waals surface area contributed by atoms with Gasteiger partial charge >= 0.3 is 5.88 Å². The molecule has 0 spiro atoms. The van der Waals surface area contributed by atoms with E-state index < -0.39 is 20.8 Å². The average molecular weight is 379 g/mol. The summed E-state index contributed by atoms with van der Waals surface area (Å²) in [6.45, 7) is 3.05. The zero-order valence-corrected chi connectivity index (χ0v) is 14.8. The normalized spacial score (nSPS) is 16.2. The van der Waals surface area contributed by atoms with Crippen LogP contribution in [0.2, 0.25) is 0 Å². The van der Waals surface area contributed by atoms with Gasteiger partial charge in [-0.2, -0.15) is 4.31 Å². The van der Waals surface area contributed by atoms with E-state index in [9.17, 15) is 18.5 Å². The Morgan fingerprint density at radius 2 is 1.96 bits per heavy atom. The van der Waals surface area contributed by atoms with Crippen LogP contribution in [0.3, 0.4) is 0 Å². The number of aliphatic imine (C=N–C) groups is 1. The van der Waals surface area contributed by atoms with Crippen LogP contribution in [-0.2, 0) is 14.8 Å². The average Bonchev–Trinajstić information content (AvgIpc) is 3.11. The van der Waals surface area contributed by atoms with Crippen molar-refractivity contribution in [3.05, 3.63) is 51.8 Å². The van der Waals surface area contributed by atoms with Crippen LogP contribution in [-0.4, -0.2) is 50.2 Å². The predicted molar refractivity (Wildman–Crippen MR) is 93.4 cm³/mol. The molecule has 0 unspecified atom stereocenters. The number of nitrogens with zero attached hydrogens (tertiary/aromatic N) is 3. The molecule has 3 rings (SSSR count). The van der Waals surface area contributed by atoms with Gasteiger partial charge in [-0.15, -0.1) is 0 Å². The third-order valence-corrected chi connectivity index (χ3v) is 5.75. The van der Waals surface area contributed by atoms with Crippen LogP contribution in [0.15, 0.2) is 44.6 Å². The summed E-state index contributed by atoms with van der Waals surface area (Å²) in [5.41, 5.74) is 1.02. The van der Waals surface area contributed by atoms with Crippen molar-refractivity contribution in [2.45, 2.75) is 11.8 Å². The Morgan fingerprint density at radius 1 is 1.23 bits per heavy atom. The van der Waals surface area contributed by atoms with Crippen LogP contribution in [0.25, 0.3) is 0 Å². The van der Waals surface area contributed by atoms with E-state index >= 15 is 0 Å². The van der Waals surface area contributed by atoms with Gasteiger partial charge < -0.3 is 9.15 Å². The number of morpholine rings is 1. The van der Waals surface area contributed by atoms with E-state index in [1.54, 1.807) is 25.1 Å². The summed E-state index contributed by atoms with van der Waals surface area (Å²) >= 11 is 0. The zero-order valence-electron chi connectivity index (χ0n) is 14.0. The smallest absolute Gasteiger partial charge is 0.400 e. The van der Waals surface area contributed by atoms with Crippen molar-refractivity contribution in [2.75, 3.05) is 26.3 Å². The van der Waals surface area contributed by atoms with Crippen LogP contribution < -0.4 is 0 Å². The van der Waals surface area contributed by atoms with Crippen LogP contribution in [0, 0.1) is 17.0 Å². The fourth-order valence-electron chi connectivity index (χ4n) is 2.50. The van der Waals surface area contributed by atoms with E-state index in [0.717, 1.165) is 5.56 Å². The second kappa shape index (κ2) is 7.36. The summed E-state index contributed by atoms with van der Waals surface area (Å²) in [5.74, 6) is -0.247. The maximum absolute atomic E-state index is 12.9. The van der Waals surface area contributed by atoms with Gasteiger partial charge in [0, 0.05) is 13.1 Å². The van der Waals surface area contributed by atoms with Gasteiger partial charge in [-0.05, 0) is 30.7 Å². The molecular weight excluding hydrogens is 362 g/mol. The molecule has 1 fully saturated rings. The lowest BCUT2D eigenvalue weighted by Gasteiger charge is -2.26. The fraction of sp³-hybridized carbons (Fsp3) is 0.312. The Labute approximate surface area is 150 Å². The molecule has 1 saturated heterocycles. The molecule has 1 aliphatic rings. The SMILES string of the molecule is Cc1ccc(N=Cc2ccc([N+](=O)[O-])o2)c(S(=O)(=O)N2CCOCC2)c1. The van der Waals surface area contributed by atoms with Crippen LogP contribution in [0.5, 0.6) is 0 Å². The molecule has 1 aliphatic heterocycles. The number of nitro groups is 1. The molecule has 0 atom stereocenters. The van der Waals surface area contributed by atoms with Gasteiger partial charge in [0.2, 0.25) is 10.0 Å². The summed E-state index contributed by atoms with van der Waals surface area (Å²) in [5, 5.41) is 10.7. The number of rotatable bonds is 5. The topological polar surface area (TPSA) is 115 Å². The van der Waals surface area contributed by atoms with Crippen molar-refractivity contribution in [2.24, 2.45) is 4.99 Å². The molecule has 10 heteroatoms. The Morgan fingerprint density at radius 3 is 2.62 bits per heavy atom. The van der Waals surface area contributed by atoms with Crippen molar-refractivity contribution < 1.29 is 22.5 Å². The lowest BCUT2D eigenvalue weighted by atomic mass is 10.2. The van der Waals surface area contributed by atoms with Crippen molar-refractivity contribution >= 4 is 27.8 Å². The molecule has 0 saturated carbocycles. The third-order valence-electron chi connectivity index (χ3n) is 3.83. The van der Waals surface area contributed by atoms with E-state index in [-0.39, 0.29) is 29.4 Å². The lowest BCUT2D eigenvalue weighted by molar-refractivity contribution is -0.402. The molecule has 138 valence electrons. The van der Waals surface area contributed by atoms with Crippen LogP contribution in [0.4, 0.5) is 11.6 Å². The summed E-state index contributed by atoms with van der Waals surface area (Å²) in [7, 11) is -3.73. The maximum atomic E-state index is 12.9. The number of benzene rings is 1. The Kier molecular flexibility index (Phi) is 5.16. The number of hydrogen-bond acceptors (Lipinski definition) is 7. The van der Waals surface area contributed by atoms with Gasteiger partial charge in [0.05, 0.1) is 31.2 Å². The third kappa shape index (κ3) is 3.82. The highest BCUT2D eigenvalue weighted by atomic mass is 32.2. The molecule has 0 amide bonds. The molecule has 26 heavy (non-hydrogen) atoms. The van der Waals surface area contributed by atoms with E-state index in [2.05, 4.69) is 4.99 Å². The molecule has 9 nitrogen and oxygen atoms in total. The van der Waals surface area contributed by atoms with Crippen molar-refractivity contribution in [1.82, 2.24) is 4.31 Å². The molecule has 1 aromatic carbocycles. The van der Waals surface area contributed by atoms with Gasteiger partial charge in [0.15, 0.2) is 5.76 Å². The van der Waals surface area contributed by atoms with Gasteiger partial charge in [-0.1, -0.05) is 6.07 Å². The highest BCUT2D eigenvalue weighted by molar-refractivity contribution is 7.89. The minimum atomic E-state index is -3.73. The molecular formula is C16H17N3O6S. The molecule has 2 heterocycles. The van der Waals surface area contributed by atoms with Gasteiger partial charge in [0.1, 0.15) is 9.82 Å². The fourth-order valence-corrected chi connectivity index (χ4v) is 4.13. The van der Waals surface area contributed by atoms with E-state index in [1.807, 2.05) is 0 Å². The lowest BCUT2D eigenvalue weighted by Crippen LogP contribution is -2.40. The van der Waals surface area contributed by atoms with Crippen molar-refractivity contribution in [3.8, 4) is 0 Å². The summed E-state index contributed by atoms with van der Waals surface area (Å²) < 4.78 is 37.5. The molecule has 0 bridgehead atoms. The van der Waals surface area contributed by atoms with Crippen LogP contribution in [0.1, 0.15) is 11.3 Å². The first kappa shape index (κ1) is 18.2. The van der Waals surface area contributed by atoms with Crippen molar-refractivity contribution in [3.63, 3.8) is 0 Å². The minimum Gasteiger partial charge on any atom is -0.400 e. The van der Waals surface area contributed by atoms with Gasteiger partial charge in [0.25, 0.3) is 0 Å². The maximum Gasteiger partial charge on any atom is 0.433 e. The standard InChI is InChI=1S/C16H17N3O6S/c1-12-2-4-14(17-11-13-3-5-16(25-13)19(20)21)15(10-12)26(22,23)18-6-8-24-9-7-18/h2-5,10-11H,6-9H2,1H3. The second-order valence-electron chi connectivity index (χ2n) is 5.68. The number of ether oxygens (including phenoxy) is 1. The molecule has 0 aliphatic carbocycles. The first-order valence-electron chi connectivity index (χ1n) is 7.85. The highest BCUT2D eigenvalue weighted by Gasteiger charge is 2.28. The zero-order chi connectivity index (χ0) is 18.7. The molecule has 1 aromatic heterocycles. The van der Waals surface area contributed by atoms with Crippen molar-refractivity contribution in [1.29, 1.82) is 0 Å².